The van der Waals surface area contributed by atoms with E-state index in [1.54, 1.807) is 0 Å². The number of aromatic nitrogens is 3. The van der Waals surface area contributed by atoms with Gasteiger partial charge in [-0.1, -0.05) is 49.3 Å². The van der Waals surface area contributed by atoms with Gasteiger partial charge in [-0.05, 0) is 18.6 Å². The zero-order valence-electron chi connectivity index (χ0n) is 12.4. The van der Waals surface area contributed by atoms with Gasteiger partial charge in [0.1, 0.15) is 12.1 Å². The van der Waals surface area contributed by atoms with Gasteiger partial charge in [0.2, 0.25) is 4.96 Å². The van der Waals surface area contributed by atoms with Gasteiger partial charge in [0, 0.05) is 5.56 Å². The maximum absolute atomic E-state index is 12.2. The number of hydrogen-bond acceptors (Lipinski definition) is 5. The summed E-state index contributed by atoms with van der Waals surface area (Å²) in [5, 5.41) is 3.93. The van der Waals surface area contributed by atoms with Crippen LogP contribution in [0.5, 0.6) is 5.75 Å². The SMILES string of the molecule is CCCCCOc1ccccc1/C=c1/sc2ncnn2c1=O. The molecule has 5 nitrogen and oxygen atoms in total. The Morgan fingerprint density at radius 2 is 2.18 bits per heavy atom. The number of unbranched alkanes of at least 4 members (excludes halogenated alkanes) is 2. The van der Waals surface area contributed by atoms with Crippen LogP contribution in [-0.2, 0) is 0 Å². The Labute approximate surface area is 131 Å². The fourth-order valence-corrected chi connectivity index (χ4v) is 3.06. The molecule has 0 saturated heterocycles. The second-order valence-electron chi connectivity index (χ2n) is 4.96. The molecule has 0 spiro atoms. The zero-order valence-corrected chi connectivity index (χ0v) is 13.2. The molecular formula is C16H17N3O2S. The van der Waals surface area contributed by atoms with Crippen LogP contribution in [0.1, 0.15) is 31.7 Å². The first kappa shape index (κ1) is 14.7. The highest BCUT2D eigenvalue weighted by Crippen LogP contribution is 2.19. The molecule has 3 rings (SSSR count). The van der Waals surface area contributed by atoms with Crippen LogP contribution >= 0.6 is 11.3 Å². The van der Waals surface area contributed by atoms with Gasteiger partial charge in [-0.15, -0.1) is 0 Å². The minimum absolute atomic E-state index is 0.140. The normalized spacial score (nSPS) is 12.1. The highest BCUT2D eigenvalue weighted by Gasteiger charge is 2.06. The number of fused-ring (bicyclic) bond motifs is 1. The highest BCUT2D eigenvalue weighted by atomic mass is 32.1. The van der Waals surface area contributed by atoms with E-state index >= 15 is 0 Å². The molecule has 2 aromatic heterocycles. The van der Waals surface area contributed by atoms with E-state index in [2.05, 4.69) is 17.0 Å². The van der Waals surface area contributed by atoms with Crippen LogP contribution in [0.3, 0.4) is 0 Å². The molecule has 0 aliphatic carbocycles. The Balaban J connectivity index is 1.91. The second kappa shape index (κ2) is 6.70. The molecule has 0 amide bonds. The van der Waals surface area contributed by atoms with Crippen LogP contribution in [-0.4, -0.2) is 21.2 Å². The van der Waals surface area contributed by atoms with Crippen molar-refractivity contribution >= 4 is 22.4 Å². The molecule has 0 N–H and O–H groups in total. The van der Waals surface area contributed by atoms with Crippen molar-refractivity contribution in [2.24, 2.45) is 0 Å². The largest absolute Gasteiger partial charge is 0.493 e. The Bertz CT molecular complexity index is 869. The van der Waals surface area contributed by atoms with E-state index < -0.39 is 0 Å². The van der Waals surface area contributed by atoms with Gasteiger partial charge in [-0.3, -0.25) is 4.79 Å². The van der Waals surface area contributed by atoms with E-state index in [0.29, 0.717) is 16.1 Å². The molecule has 3 aromatic rings. The van der Waals surface area contributed by atoms with Crippen LogP contribution in [0.2, 0.25) is 0 Å². The average molecular weight is 315 g/mol. The van der Waals surface area contributed by atoms with Crippen molar-refractivity contribution in [3.05, 3.63) is 51.0 Å². The fraction of sp³-hybridized carbons (Fsp3) is 0.312. The monoisotopic (exact) mass is 315 g/mol. The second-order valence-corrected chi connectivity index (χ2v) is 5.97. The first-order valence-corrected chi connectivity index (χ1v) is 8.17. The predicted octanol–water partition coefficient (Wildman–Crippen LogP) is 2.27. The Morgan fingerprint density at radius 1 is 1.32 bits per heavy atom. The summed E-state index contributed by atoms with van der Waals surface area (Å²) >= 11 is 1.33. The van der Waals surface area contributed by atoms with Crippen molar-refractivity contribution < 1.29 is 4.74 Å². The standard InChI is InChI=1S/C16H17N3O2S/c1-2-3-6-9-21-13-8-5-4-7-12(13)10-14-15(20)19-16(22-14)17-11-18-19/h4-5,7-8,10-11H,2-3,6,9H2,1H3/b14-10+. The van der Waals surface area contributed by atoms with Crippen molar-refractivity contribution in [3.8, 4) is 5.75 Å². The fourth-order valence-electron chi connectivity index (χ4n) is 2.18. The van der Waals surface area contributed by atoms with E-state index in [1.165, 1.54) is 28.6 Å². The van der Waals surface area contributed by atoms with Gasteiger partial charge in [0.15, 0.2) is 0 Å². The van der Waals surface area contributed by atoms with Crippen molar-refractivity contribution in [3.63, 3.8) is 0 Å². The Hall–Kier alpha value is -2.21. The van der Waals surface area contributed by atoms with Crippen LogP contribution in [0.25, 0.3) is 11.0 Å². The molecule has 0 saturated carbocycles. The summed E-state index contributed by atoms with van der Waals surface area (Å²) in [6, 6.07) is 7.75. The van der Waals surface area contributed by atoms with Crippen molar-refractivity contribution in [1.82, 2.24) is 14.6 Å². The molecule has 1 aromatic carbocycles. The number of hydrogen-bond donors (Lipinski definition) is 0. The number of benzene rings is 1. The lowest BCUT2D eigenvalue weighted by molar-refractivity contribution is 0.305. The van der Waals surface area contributed by atoms with Crippen LogP contribution in [0.15, 0.2) is 35.4 Å². The first-order chi connectivity index (χ1) is 10.8. The van der Waals surface area contributed by atoms with Gasteiger partial charge in [-0.25, -0.2) is 4.98 Å². The molecule has 2 heterocycles. The summed E-state index contributed by atoms with van der Waals surface area (Å²) in [4.78, 5) is 16.9. The zero-order chi connectivity index (χ0) is 15.4. The van der Waals surface area contributed by atoms with Crippen molar-refractivity contribution in [1.29, 1.82) is 0 Å². The van der Waals surface area contributed by atoms with Gasteiger partial charge in [0.05, 0.1) is 11.1 Å². The van der Waals surface area contributed by atoms with E-state index in [0.717, 1.165) is 24.2 Å². The van der Waals surface area contributed by atoms with Gasteiger partial charge >= 0.3 is 0 Å². The van der Waals surface area contributed by atoms with Crippen LogP contribution in [0, 0.1) is 0 Å². The van der Waals surface area contributed by atoms with Gasteiger partial charge in [-0.2, -0.15) is 9.61 Å². The Kier molecular flexibility index (Phi) is 4.48. The molecular weight excluding hydrogens is 298 g/mol. The first-order valence-electron chi connectivity index (χ1n) is 7.35. The molecule has 0 aliphatic rings. The molecule has 0 fully saturated rings. The molecule has 0 atom stereocenters. The minimum atomic E-state index is -0.140. The number of rotatable bonds is 6. The summed E-state index contributed by atoms with van der Waals surface area (Å²) in [7, 11) is 0. The minimum Gasteiger partial charge on any atom is -0.493 e. The molecule has 22 heavy (non-hydrogen) atoms. The number of ether oxygens (including phenoxy) is 1. The van der Waals surface area contributed by atoms with Gasteiger partial charge < -0.3 is 4.74 Å². The van der Waals surface area contributed by atoms with E-state index in [4.69, 9.17) is 4.74 Å². The lowest BCUT2D eigenvalue weighted by atomic mass is 10.2. The lowest BCUT2D eigenvalue weighted by Gasteiger charge is -2.08. The number of thiazole rings is 1. The third-order valence-corrected chi connectivity index (χ3v) is 4.31. The molecule has 114 valence electrons. The predicted molar refractivity (Wildman–Crippen MR) is 87.4 cm³/mol. The third-order valence-electron chi connectivity index (χ3n) is 3.33. The summed E-state index contributed by atoms with van der Waals surface area (Å²) in [5.74, 6) is 0.803. The Morgan fingerprint density at radius 3 is 3.00 bits per heavy atom. The third kappa shape index (κ3) is 3.01. The highest BCUT2D eigenvalue weighted by molar-refractivity contribution is 7.15. The van der Waals surface area contributed by atoms with Crippen molar-refractivity contribution in [2.45, 2.75) is 26.2 Å². The van der Waals surface area contributed by atoms with E-state index in [-0.39, 0.29) is 5.56 Å². The molecule has 0 radical (unpaired) electrons. The molecule has 0 aliphatic heterocycles. The van der Waals surface area contributed by atoms with Crippen LogP contribution in [0.4, 0.5) is 0 Å². The maximum atomic E-state index is 12.2. The number of nitrogens with zero attached hydrogens (tertiary/aromatic N) is 3. The van der Waals surface area contributed by atoms with Gasteiger partial charge in [0.25, 0.3) is 5.56 Å². The van der Waals surface area contributed by atoms with Crippen molar-refractivity contribution in [2.75, 3.05) is 6.61 Å². The molecule has 0 bridgehead atoms. The summed E-state index contributed by atoms with van der Waals surface area (Å²) < 4.78 is 7.77. The summed E-state index contributed by atoms with van der Waals surface area (Å²) in [5.41, 5.74) is 0.763. The quantitative estimate of drug-likeness (QED) is 0.655. The topological polar surface area (TPSA) is 56.5 Å². The summed E-state index contributed by atoms with van der Waals surface area (Å²) in [6.45, 7) is 2.86. The molecule has 0 unspecified atom stereocenters. The lowest BCUT2D eigenvalue weighted by Crippen LogP contribution is -2.23. The van der Waals surface area contributed by atoms with E-state index in [9.17, 15) is 4.79 Å². The average Bonchev–Trinajstić information content (AvgIpc) is 3.09. The summed E-state index contributed by atoms with van der Waals surface area (Å²) in [6.07, 6.45) is 6.59. The number of para-hydroxylation sites is 1. The maximum Gasteiger partial charge on any atom is 0.291 e. The molecule has 6 heteroatoms. The van der Waals surface area contributed by atoms with Crippen LogP contribution < -0.4 is 14.8 Å². The smallest absolute Gasteiger partial charge is 0.291 e. The van der Waals surface area contributed by atoms with E-state index in [1.807, 2.05) is 30.3 Å².